The topological polar surface area (TPSA) is 117 Å². The maximum atomic E-state index is 13.2. The molecule has 166 valence electrons. The Bertz CT molecular complexity index is 1300. The third-order valence-corrected chi connectivity index (χ3v) is 6.35. The summed E-state index contributed by atoms with van der Waals surface area (Å²) in [7, 11) is 0. The lowest BCUT2D eigenvalue weighted by molar-refractivity contribution is -0.172. The Morgan fingerprint density at radius 3 is 2.88 bits per heavy atom. The fourth-order valence-electron chi connectivity index (χ4n) is 4.49. The molecule has 5 rings (SSSR count). The summed E-state index contributed by atoms with van der Waals surface area (Å²) < 4.78 is 12.6. The van der Waals surface area contributed by atoms with Crippen LogP contribution in [0.5, 0.6) is 5.75 Å². The highest BCUT2D eigenvalue weighted by Gasteiger charge is 2.45. The lowest BCUT2D eigenvalue weighted by Gasteiger charge is -2.31. The number of ether oxygens (including phenoxy) is 2. The molecule has 2 aliphatic rings. The predicted molar refractivity (Wildman–Crippen MR) is 118 cm³/mol. The Balaban J connectivity index is 1.57. The van der Waals surface area contributed by atoms with E-state index in [9.17, 15) is 14.7 Å². The Morgan fingerprint density at radius 1 is 1.25 bits per heavy atom. The van der Waals surface area contributed by atoms with Gasteiger partial charge in [0.25, 0.3) is 5.56 Å². The zero-order valence-corrected chi connectivity index (χ0v) is 17.9. The normalized spacial score (nSPS) is 18.8. The SMILES string of the molecule is CC[C@@]1(O)C(=O)OCc2c1cc1n(c2=O)Cc2cc3cc(OCCCCN)ccc3nc2-1. The molecule has 0 amide bonds. The molecule has 8 heteroatoms. The Hall–Kier alpha value is -3.23. The summed E-state index contributed by atoms with van der Waals surface area (Å²) in [6, 6.07) is 9.46. The van der Waals surface area contributed by atoms with Crippen LogP contribution in [0, 0.1) is 0 Å². The van der Waals surface area contributed by atoms with E-state index in [1.165, 1.54) is 0 Å². The average Bonchev–Trinajstić information content (AvgIpc) is 3.16. The van der Waals surface area contributed by atoms with E-state index in [1.807, 2.05) is 24.3 Å². The Labute approximate surface area is 184 Å². The van der Waals surface area contributed by atoms with E-state index in [0.29, 0.717) is 42.2 Å². The summed E-state index contributed by atoms with van der Waals surface area (Å²) in [6.45, 7) is 3.19. The fraction of sp³-hybridized carbons (Fsp3) is 0.375. The number of rotatable bonds is 6. The van der Waals surface area contributed by atoms with Crippen molar-refractivity contribution < 1.29 is 19.4 Å². The van der Waals surface area contributed by atoms with Crippen molar-refractivity contribution in [2.24, 2.45) is 5.73 Å². The number of hydrogen-bond donors (Lipinski definition) is 2. The monoisotopic (exact) mass is 435 g/mol. The summed E-state index contributed by atoms with van der Waals surface area (Å²) in [5.41, 5.74) is 7.07. The highest BCUT2D eigenvalue weighted by Crippen LogP contribution is 2.38. The minimum atomic E-state index is -1.82. The number of nitrogens with zero attached hydrogens (tertiary/aromatic N) is 2. The van der Waals surface area contributed by atoms with Gasteiger partial charge in [0.2, 0.25) is 0 Å². The van der Waals surface area contributed by atoms with Crippen LogP contribution >= 0.6 is 0 Å². The molecule has 0 saturated carbocycles. The zero-order chi connectivity index (χ0) is 22.5. The number of carbonyl (C=O) groups excluding carboxylic acids is 1. The van der Waals surface area contributed by atoms with Crippen LogP contribution in [-0.2, 0) is 28.3 Å². The molecule has 0 saturated heterocycles. The molecule has 32 heavy (non-hydrogen) atoms. The van der Waals surface area contributed by atoms with Crippen molar-refractivity contribution in [2.45, 2.75) is 44.9 Å². The fourth-order valence-corrected chi connectivity index (χ4v) is 4.49. The van der Waals surface area contributed by atoms with E-state index < -0.39 is 11.6 Å². The van der Waals surface area contributed by atoms with Crippen LogP contribution in [-0.4, -0.2) is 33.8 Å². The summed E-state index contributed by atoms with van der Waals surface area (Å²) in [4.78, 5) is 30.3. The smallest absolute Gasteiger partial charge is 0.343 e. The second-order valence-corrected chi connectivity index (χ2v) is 8.30. The molecule has 1 atom stereocenters. The summed E-state index contributed by atoms with van der Waals surface area (Å²) in [6.07, 6.45) is 1.94. The second-order valence-electron chi connectivity index (χ2n) is 8.30. The number of pyridine rings is 2. The van der Waals surface area contributed by atoms with Gasteiger partial charge in [0.05, 0.1) is 35.6 Å². The molecule has 1 aromatic carbocycles. The minimum absolute atomic E-state index is 0.119. The molecule has 0 fully saturated rings. The third-order valence-electron chi connectivity index (χ3n) is 6.35. The highest BCUT2D eigenvalue weighted by molar-refractivity contribution is 5.87. The molecule has 2 aromatic heterocycles. The van der Waals surface area contributed by atoms with Crippen molar-refractivity contribution in [1.29, 1.82) is 0 Å². The average molecular weight is 435 g/mol. The first-order chi connectivity index (χ1) is 15.5. The lowest BCUT2D eigenvalue weighted by Crippen LogP contribution is -2.44. The quantitative estimate of drug-likeness (QED) is 0.352. The number of aliphatic hydroxyl groups is 1. The van der Waals surface area contributed by atoms with E-state index in [-0.39, 0.29) is 18.6 Å². The van der Waals surface area contributed by atoms with Crippen LogP contribution in [0.2, 0.25) is 0 Å². The lowest BCUT2D eigenvalue weighted by atomic mass is 9.86. The largest absolute Gasteiger partial charge is 0.494 e. The van der Waals surface area contributed by atoms with E-state index >= 15 is 0 Å². The molecule has 0 spiro atoms. The van der Waals surface area contributed by atoms with Crippen molar-refractivity contribution in [3.63, 3.8) is 0 Å². The molecule has 8 nitrogen and oxygen atoms in total. The van der Waals surface area contributed by atoms with E-state index in [1.54, 1.807) is 17.6 Å². The second kappa shape index (κ2) is 7.72. The first-order valence-corrected chi connectivity index (χ1v) is 10.9. The Morgan fingerprint density at radius 2 is 2.09 bits per heavy atom. The first-order valence-electron chi connectivity index (χ1n) is 10.9. The van der Waals surface area contributed by atoms with Crippen LogP contribution in [0.1, 0.15) is 42.9 Å². The number of hydrogen-bond acceptors (Lipinski definition) is 7. The summed E-state index contributed by atoms with van der Waals surface area (Å²) in [5, 5.41) is 11.9. The van der Waals surface area contributed by atoms with Crippen LogP contribution in [0.25, 0.3) is 22.3 Å². The molecule has 0 aliphatic carbocycles. The van der Waals surface area contributed by atoms with Gasteiger partial charge in [0, 0.05) is 16.5 Å². The summed E-state index contributed by atoms with van der Waals surface area (Å²) >= 11 is 0. The number of unbranched alkanes of at least 4 members (excludes halogenated alkanes) is 1. The number of benzene rings is 1. The number of fused-ring (bicyclic) bond motifs is 5. The third kappa shape index (κ3) is 3.10. The van der Waals surface area contributed by atoms with Gasteiger partial charge in [-0.15, -0.1) is 0 Å². The number of nitrogens with two attached hydrogens (primary N) is 1. The first kappa shape index (κ1) is 20.7. The predicted octanol–water partition coefficient (Wildman–Crippen LogP) is 2.20. The maximum absolute atomic E-state index is 13.2. The van der Waals surface area contributed by atoms with Crippen LogP contribution < -0.4 is 16.0 Å². The van der Waals surface area contributed by atoms with E-state index in [0.717, 1.165) is 35.1 Å². The Kier molecular flexibility index (Phi) is 4.98. The van der Waals surface area contributed by atoms with Gasteiger partial charge in [-0.05, 0) is 56.1 Å². The minimum Gasteiger partial charge on any atom is -0.494 e. The maximum Gasteiger partial charge on any atom is 0.343 e. The number of esters is 1. The standard InChI is InChI=1S/C24H25N3O5/c1-2-24(30)18-11-20-21-15(12-27(20)22(28)17(18)13-32-23(24)29)9-14-10-16(5-6-19(14)26-21)31-8-4-3-7-25/h5-6,9-11,30H,2-4,7-8,12-13,25H2,1H3/t24-/m0/s1. The van der Waals surface area contributed by atoms with Gasteiger partial charge in [0.15, 0.2) is 5.60 Å². The van der Waals surface area contributed by atoms with Gasteiger partial charge >= 0.3 is 5.97 Å². The number of aromatic nitrogens is 2. The van der Waals surface area contributed by atoms with E-state index in [2.05, 4.69) is 0 Å². The van der Waals surface area contributed by atoms with Gasteiger partial charge < -0.3 is 24.9 Å². The molecule has 0 bridgehead atoms. The summed E-state index contributed by atoms with van der Waals surface area (Å²) in [5.74, 6) is 0.0450. The van der Waals surface area contributed by atoms with Gasteiger partial charge in [-0.1, -0.05) is 6.92 Å². The van der Waals surface area contributed by atoms with Gasteiger partial charge in [-0.3, -0.25) is 4.79 Å². The molecular weight excluding hydrogens is 410 g/mol. The molecule has 2 aliphatic heterocycles. The van der Waals surface area contributed by atoms with Crippen LogP contribution in [0.3, 0.4) is 0 Å². The van der Waals surface area contributed by atoms with Crippen molar-refractivity contribution in [2.75, 3.05) is 13.2 Å². The van der Waals surface area contributed by atoms with Crippen molar-refractivity contribution in [3.8, 4) is 17.1 Å². The van der Waals surface area contributed by atoms with Gasteiger partial charge in [-0.25, -0.2) is 9.78 Å². The van der Waals surface area contributed by atoms with Gasteiger partial charge in [-0.2, -0.15) is 0 Å². The molecule has 3 aromatic rings. The van der Waals surface area contributed by atoms with Crippen molar-refractivity contribution >= 4 is 16.9 Å². The molecule has 0 unspecified atom stereocenters. The molecule has 0 radical (unpaired) electrons. The van der Waals surface area contributed by atoms with Crippen LogP contribution in [0.4, 0.5) is 0 Å². The molecule has 4 heterocycles. The van der Waals surface area contributed by atoms with E-state index in [4.69, 9.17) is 20.2 Å². The van der Waals surface area contributed by atoms with Crippen molar-refractivity contribution in [1.82, 2.24) is 9.55 Å². The van der Waals surface area contributed by atoms with Crippen molar-refractivity contribution in [3.05, 3.63) is 57.4 Å². The number of carbonyl (C=O) groups is 1. The van der Waals surface area contributed by atoms with Gasteiger partial charge in [0.1, 0.15) is 12.4 Å². The molecule has 3 N–H and O–H groups in total. The molecular formula is C24H25N3O5. The highest BCUT2D eigenvalue weighted by atomic mass is 16.6. The zero-order valence-electron chi connectivity index (χ0n) is 17.9. The number of cyclic esters (lactones) is 1. The van der Waals surface area contributed by atoms with Crippen LogP contribution in [0.15, 0.2) is 35.1 Å².